The van der Waals surface area contributed by atoms with E-state index in [4.69, 9.17) is 5.73 Å². The van der Waals surface area contributed by atoms with E-state index in [1.165, 1.54) is 0 Å². The molecule has 0 aromatic carbocycles. The fourth-order valence-corrected chi connectivity index (χ4v) is 0.854. The zero-order chi connectivity index (χ0) is 6.85. The largest absolute Gasteiger partial charge is 0.321 e. The van der Waals surface area contributed by atoms with E-state index >= 15 is 0 Å². The summed E-state index contributed by atoms with van der Waals surface area (Å²) in [6.07, 6.45) is 4.90. The monoisotopic (exact) mass is 121 g/mol. The van der Waals surface area contributed by atoms with E-state index in [0.717, 1.165) is 17.6 Å². The lowest BCUT2D eigenvalue weighted by atomic mass is 9.94. The molecule has 0 radical (unpaired) electrons. The van der Waals surface area contributed by atoms with Crippen LogP contribution in [0.2, 0.25) is 0 Å². The van der Waals surface area contributed by atoms with E-state index in [0.29, 0.717) is 0 Å². The van der Waals surface area contributed by atoms with Crippen molar-refractivity contribution in [3.05, 3.63) is 36.5 Å². The molecule has 0 bridgehead atoms. The van der Waals surface area contributed by atoms with Crippen LogP contribution in [0.3, 0.4) is 0 Å². The van der Waals surface area contributed by atoms with Crippen molar-refractivity contribution in [1.82, 2.24) is 0 Å². The maximum absolute atomic E-state index is 5.67. The maximum Gasteiger partial charge on any atom is 0.0505 e. The quantitative estimate of drug-likeness (QED) is 0.481. The van der Waals surface area contributed by atoms with Gasteiger partial charge in [0.05, 0.1) is 6.04 Å². The average molecular weight is 121 g/mol. The summed E-state index contributed by atoms with van der Waals surface area (Å²) in [6, 6.07) is -0.00463. The van der Waals surface area contributed by atoms with Crippen LogP contribution >= 0.6 is 0 Å². The molecule has 1 aliphatic rings. The van der Waals surface area contributed by atoms with Crippen LogP contribution in [0.25, 0.3) is 0 Å². The van der Waals surface area contributed by atoms with Crippen molar-refractivity contribution in [2.75, 3.05) is 0 Å². The molecular formula is C8H11N. The highest BCUT2D eigenvalue weighted by Gasteiger charge is 2.10. The minimum absolute atomic E-state index is 0.00463. The third-order valence-corrected chi connectivity index (χ3v) is 1.55. The summed E-state index contributed by atoms with van der Waals surface area (Å²) in [4.78, 5) is 0. The SMILES string of the molecule is C=C1C=CCC(=C)C1N. The van der Waals surface area contributed by atoms with Gasteiger partial charge >= 0.3 is 0 Å². The fraction of sp³-hybridized carbons (Fsp3) is 0.250. The summed E-state index contributed by atoms with van der Waals surface area (Å²) in [6.45, 7) is 7.58. The zero-order valence-electron chi connectivity index (χ0n) is 5.43. The van der Waals surface area contributed by atoms with Crippen molar-refractivity contribution >= 4 is 0 Å². The second-order valence-corrected chi connectivity index (χ2v) is 2.32. The van der Waals surface area contributed by atoms with Gasteiger partial charge in [-0.05, 0) is 12.0 Å². The molecule has 1 unspecified atom stereocenters. The molecule has 0 aromatic rings. The Hall–Kier alpha value is -0.820. The van der Waals surface area contributed by atoms with Crippen LogP contribution in [0.5, 0.6) is 0 Å². The minimum Gasteiger partial charge on any atom is -0.321 e. The summed E-state index contributed by atoms with van der Waals surface area (Å²) >= 11 is 0. The summed E-state index contributed by atoms with van der Waals surface area (Å²) < 4.78 is 0. The first kappa shape index (κ1) is 6.30. The van der Waals surface area contributed by atoms with E-state index in [9.17, 15) is 0 Å². The first-order valence-electron chi connectivity index (χ1n) is 3.00. The summed E-state index contributed by atoms with van der Waals surface area (Å²) in [5.74, 6) is 0. The Balaban J connectivity index is 2.81. The molecule has 9 heavy (non-hydrogen) atoms. The van der Waals surface area contributed by atoms with Crippen molar-refractivity contribution in [2.45, 2.75) is 12.5 Å². The predicted molar refractivity (Wildman–Crippen MR) is 40.0 cm³/mol. The molecule has 0 fully saturated rings. The van der Waals surface area contributed by atoms with Gasteiger partial charge in [0.2, 0.25) is 0 Å². The summed E-state index contributed by atoms with van der Waals surface area (Å²) in [7, 11) is 0. The zero-order valence-corrected chi connectivity index (χ0v) is 5.43. The number of rotatable bonds is 0. The molecule has 1 aliphatic carbocycles. The number of hydrogen-bond acceptors (Lipinski definition) is 1. The van der Waals surface area contributed by atoms with Gasteiger partial charge in [-0.1, -0.05) is 30.9 Å². The molecule has 0 spiro atoms. The Kier molecular flexibility index (Phi) is 1.54. The van der Waals surface area contributed by atoms with Crippen molar-refractivity contribution in [2.24, 2.45) is 5.73 Å². The van der Waals surface area contributed by atoms with Crippen LogP contribution in [0.15, 0.2) is 36.5 Å². The highest BCUT2D eigenvalue weighted by atomic mass is 14.6. The number of hydrogen-bond donors (Lipinski definition) is 1. The number of allylic oxidation sites excluding steroid dienone is 1. The molecule has 0 heterocycles. The highest BCUT2D eigenvalue weighted by molar-refractivity contribution is 5.35. The van der Waals surface area contributed by atoms with E-state index in [1.807, 2.05) is 12.2 Å². The van der Waals surface area contributed by atoms with Crippen LogP contribution in [-0.4, -0.2) is 6.04 Å². The Morgan fingerprint density at radius 3 is 2.67 bits per heavy atom. The molecule has 0 saturated carbocycles. The Labute approximate surface area is 55.6 Å². The Morgan fingerprint density at radius 1 is 1.56 bits per heavy atom. The topological polar surface area (TPSA) is 26.0 Å². The van der Waals surface area contributed by atoms with Crippen LogP contribution in [0.4, 0.5) is 0 Å². The maximum atomic E-state index is 5.67. The standard InChI is InChI=1S/C8H11N/c1-6-4-3-5-7(2)8(6)9/h3-4,8H,1-2,5,9H2. The molecule has 1 rings (SSSR count). The first-order valence-corrected chi connectivity index (χ1v) is 3.00. The lowest BCUT2D eigenvalue weighted by Gasteiger charge is -2.17. The van der Waals surface area contributed by atoms with Gasteiger partial charge in [0.15, 0.2) is 0 Å². The van der Waals surface area contributed by atoms with E-state index < -0.39 is 0 Å². The number of nitrogens with two attached hydrogens (primary N) is 1. The van der Waals surface area contributed by atoms with Gasteiger partial charge in [-0.3, -0.25) is 0 Å². The molecular weight excluding hydrogens is 110 g/mol. The predicted octanol–water partition coefficient (Wildman–Crippen LogP) is 1.39. The van der Waals surface area contributed by atoms with Crippen LogP contribution < -0.4 is 5.73 Å². The van der Waals surface area contributed by atoms with E-state index in [-0.39, 0.29) is 6.04 Å². The van der Waals surface area contributed by atoms with Gasteiger partial charge in [0, 0.05) is 0 Å². The molecule has 0 aromatic heterocycles. The Morgan fingerprint density at radius 2 is 2.22 bits per heavy atom. The molecule has 0 saturated heterocycles. The third kappa shape index (κ3) is 1.11. The van der Waals surface area contributed by atoms with E-state index in [1.54, 1.807) is 0 Å². The second-order valence-electron chi connectivity index (χ2n) is 2.32. The van der Waals surface area contributed by atoms with Crippen molar-refractivity contribution in [3.63, 3.8) is 0 Å². The fourth-order valence-electron chi connectivity index (χ4n) is 0.854. The van der Waals surface area contributed by atoms with Gasteiger partial charge in [-0.2, -0.15) is 0 Å². The molecule has 1 atom stereocenters. The molecule has 48 valence electrons. The normalized spacial score (nSPS) is 27.0. The average Bonchev–Trinajstić information content (AvgIpc) is 1.83. The lowest BCUT2D eigenvalue weighted by Crippen LogP contribution is -2.24. The van der Waals surface area contributed by atoms with Crippen LogP contribution in [0.1, 0.15) is 6.42 Å². The van der Waals surface area contributed by atoms with Crippen LogP contribution in [-0.2, 0) is 0 Å². The highest BCUT2D eigenvalue weighted by Crippen LogP contribution is 2.17. The van der Waals surface area contributed by atoms with Crippen LogP contribution in [0, 0.1) is 0 Å². The van der Waals surface area contributed by atoms with Crippen molar-refractivity contribution in [3.8, 4) is 0 Å². The van der Waals surface area contributed by atoms with Gasteiger partial charge < -0.3 is 5.73 Å². The van der Waals surface area contributed by atoms with Gasteiger partial charge in [0.1, 0.15) is 0 Å². The first-order chi connectivity index (χ1) is 4.22. The Bertz CT molecular complexity index is 177. The van der Waals surface area contributed by atoms with Crippen molar-refractivity contribution in [1.29, 1.82) is 0 Å². The molecule has 2 N–H and O–H groups in total. The van der Waals surface area contributed by atoms with Gasteiger partial charge in [-0.25, -0.2) is 0 Å². The van der Waals surface area contributed by atoms with E-state index in [2.05, 4.69) is 13.2 Å². The molecule has 1 nitrogen and oxygen atoms in total. The molecule has 0 aliphatic heterocycles. The van der Waals surface area contributed by atoms with Crippen molar-refractivity contribution < 1.29 is 0 Å². The summed E-state index contributed by atoms with van der Waals surface area (Å²) in [5, 5.41) is 0. The second kappa shape index (κ2) is 2.19. The minimum atomic E-state index is -0.00463. The third-order valence-electron chi connectivity index (χ3n) is 1.55. The smallest absolute Gasteiger partial charge is 0.0505 e. The molecule has 0 amide bonds. The van der Waals surface area contributed by atoms with Gasteiger partial charge in [-0.15, -0.1) is 0 Å². The lowest BCUT2D eigenvalue weighted by molar-refractivity contribution is 0.865. The van der Waals surface area contributed by atoms with Gasteiger partial charge in [0.25, 0.3) is 0 Å². The summed E-state index contributed by atoms with van der Waals surface area (Å²) in [5.41, 5.74) is 7.69. The molecule has 1 heteroatoms.